The third-order valence-corrected chi connectivity index (χ3v) is 5.42. The van der Waals surface area contributed by atoms with Gasteiger partial charge in [-0.05, 0) is 47.9 Å². The van der Waals surface area contributed by atoms with Gasteiger partial charge in [0.05, 0.1) is 26.9 Å². The third kappa shape index (κ3) is 3.86. The maximum atomic E-state index is 6.86. The van der Waals surface area contributed by atoms with E-state index >= 15 is 0 Å². The zero-order valence-corrected chi connectivity index (χ0v) is 17.0. The van der Waals surface area contributed by atoms with Gasteiger partial charge in [0.1, 0.15) is 23.2 Å². The molecule has 1 saturated heterocycles. The fourth-order valence-corrected chi connectivity index (χ4v) is 3.71. The van der Waals surface area contributed by atoms with E-state index in [1.54, 1.807) is 14.2 Å². The van der Waals surface area contributed by atoms with Gasteiger partial charge in [-0.2, -0.15) is 0 Å². The summed E-state index contributed by atoms with van der Waals surface area (Å²) in [5.74, 6) is 1.62. The minimum absolute atomic E-state index is 0.0700. The standard InChI is InChI=1S/C25H26O4/c1-18(24-17-28-24)29-25(19-7-5-4-6-8-19,20-9-13-22(26-2)14-10-20)21-11-15-23(27-3)16-12-21/h4-16,18,24H,17H2,1-3H3/t18-,24+/m1/s1. The van der Waals surface area contributed by atoms with Crippen molar-refractivity contribution in [3.05, 3.63) is 95.6 Å². The normalized spacial score (nSPS) is 16.9. The molecule has 3 aromatic carbocycles. The van der Waals surface area contributed by atoms with E-state index in [1.807, 2.05) is 42.5 Å². The van der Waals surface area contributed by atoms with E-state index in [4.69, 9.17) is 18.9 Å². The van der Waals surface area contributed by atoms with Crippen LogP contribution in [0.4, 0.5) is 0 Å². The molecule has 3 aromatic rings. The van der Waals surface area contributed by atoms with E-state index in [-0.39, 0.29) is 12.2 Å². The highest BCUT2D eigenvalue weighted by molar-refractivity contribution is 5.49. The minimum atomic E-state index is -0.787. The van der Waals surface area contributed by atoms with Gasteiger partial charge in [0.15, 0.2) is 0 Å². The number of hydrogen-bond donors (Lipinski definition) is 0. The molecule has 4 heteroatoms. The van der Waals surface area contributed by atoms with Crippen molar-refractivity contribution in [3.8, 4) is 11.5 Å². The van der Waals surface area contributed by atoms with Gasteiger partial charge in [0, 0.05) is 0 Å². The monoisotopic (exact) mass is 390 g/mol. The van der Waals surface area contributed by atoms with Crippen molar-refractivity contribution < 1.29 is 18.9 Å². The zero-order valence-electron chi connectivity index (χ0n) is 17.0. The van der Waals surface area contributed by atoms with Crippen molar-refractivity contribution in [1.82, 2.24) is 0 Å². The lowest BCUT2D eigenvalue weighted by atomic mass is 9.79. The molecule has 0 aromatic heterocycles. The van der Waals surface area contributed by atoms with Gasteiger partial charge >= 0.3 is 0 Å². The number of rotatable bonds is 8. The second-order valence-electron chi connectivity index (χ2n) is 7.20. The molecule has 0 amide bonds. The molecule has 0 aliphatic carbocycles. The van der Waals surface area contributed by atoms with Gasteiger partial charge in [-0.15, -0.1) is 0 Å². The summed E-state index contributed by atoms with van der Waals surface area (Å²) in [6.45, 7) is 2.81. The topological polar surface area (TPSA) is 40.2 Å². The molecule has 0 N–H and O–H groups in total. The molecule has 0 radical (unpaired) electrons. The molecule has 1 fully saturated rings. The van der Waals surface area contributed by atoms with Crippen LogP contribution in [-0.4, -0.2) is 33.0 Å². The second kappa shape index (κ2) is 8.27. The average molecular weight is 390 g/mol. The average Bonchev–Trinajstić information content (AvgIpc) is 3.64. The lowest BCUT2D eigenvalue weighted by molar-refractivity contribution is -0.0495. The molecule has 150 valence electrons. The Hall–Kier alpha value is -2.82. The summed E-state index contributed by atoms with van der Waals surface area (Å²) in [6.07, 6.45) is 0.0500. The SMILES string of the molecule is COc1ccc(C(O[C@H](C)[C@@H]2CO2)(c2ccccc2)c2ccc(OC)cc2)cc1. The van der Waals surface area contributed by atoms with Crippen molar-refractivity contribution in [2.24, 2.45) is 0 Å². The van der Waals surface area contributed by atoms with Crippen molar-refractivity contribution in [1.29, 1.82) is 0 Å². The lowest BCUT2D eigenvalue weighted by Crippen LogP contribution is -2.37. The summed E-state index contributed by atoms with van der Waals surface area (Å²) < 4.78 is 23.1. The maximum absolute atomic E-state index is 6.86. The summed E-state index contributed by atoms with van der Waals surface area (Å²) in [5.41, 5.74) is 2.33. The Kier molecular flexibility index (Phi) is 5.56. The number of ether oxygens (including phenoxy) is 4. The van der Waals surface area contributed by atoms with Crippen LogP contribution in [0.2, 0.25) is 0 Å². The molecule has 0 bridgehead atoms. The third-order valence-electron chi connectivity index (χ3n) is 5.42. The van der Waals surface area contributed by atoms with Gasteiger partial charge in [-0.25, -0.2) is 0 Å². The summed E-state index contributed by atoms with van der Waals surface area (Å²) >= 11 is 0. The highest BCUT2D eigenvalue weighted by Gasteiger charge is 2.43. The quantitative estimate of drug-likeness (QED) is 0.409. The van der Waals surface area contributed by atoms with Crippen LogP contribution in [0, 0.1) is 0 Å². The highest BCUT2D eigenvalue weighted by atomic mass is 16.6. The smallest absolute Gasteiger partial charge is 0.144 e. The second-order valence-corrected chi connectivity index (χ2v) is 7.20. The van der Waals surface area contributed by atoms with Crippen molar-refractivity contribution >= 4 is 0 Å². The van der Waals surface area contributed by atoms with E-state index < -0.39 is 5.60 Å². The molecule has 0 unspecified atom stereocenters. The first-order valence-corrected chi connectivity index (χ1v) is 9.81. The maximum Gasteiger partial charge on any atom is 0.144 e. The Morgan fingerprint density at radius 1 is 0.759 bits per heavy atom. The molecule has 0 spiro atoms. The van der Waals surface area contributed by atoms with Crippen molar-refractivity contribution in [3.63, 3.8) is 0 Å². The first-order valence-electron chi connectivity index (χ1n) is 9.81. The van der Waals surface area contributed by atoms with E-state index in [0.29, 0.717) is 0 Å². The predicted molar refractivity (Wildman–Crippen MR) is 113 cm³/mol. The summed E-state index contributed by atoms with van der Waals surface area (Å²) in [6, 6.07) is 26.5. The van der Waals surface area contributed by atoms with Gasteiger partial charge in [-0.1, -0.05) is 54.6 Å². The zero-order chi connectivity index (χ0) is 20.3. The predicted octanol–water partition coefficient (Wildman–Crippen LogP) is 4.80. The number of benzene rings is 3. The highest BCUT2D eigenvalue weighted by Crippen LogP contribution is 2.43. The van der Waals surface area contributed by atoms with Crippen LogP contribution in [0.15, 0.2) is 78.9 Å². The van der Waals surface area contributed by atoms with Crippen LogP contribution in [-0.2, 0) is 15.1 Å². The van der Waals surface area contributed by atoms with Gasteiger partial charge < -0.3 is 18.9 Å². The minimum Gasteiger partial charge on any atom is -0.497 e. The summed E-state index contributed by atoms with van der Waals surface area (Å²) in [5, 5.41) is 0. The molecule has 4 nitrogen and oxygen atoms in total. The number of hydrogen-bond acceptors (Lipinski definition) is 4. The largest absolute Gasteiger partial charge is 0.497 e. The Labute approximate surface area is 172 Å². The van der Waals surface area contributed by atoms with Gasteiger partial charge in [0.25, 0.3) is 0 Å². The van der Waals surface area contributed by atoms with Crippen molar-refractivity contribution in [2.75, 3.05) is 20.8 Å². The molecule has 1 aliphatic rings. The fourth-order valence-electron chi connectivity index (χ4n) is 3.71. The Morgan fingerprint density at radius 2 is 1.21 bits per heavy atom. The van der Waals surface area contributed by atoms with E-state index in [2.05, 4.69) is 43.3 Å². The van der Waals surface area contributed by atoms with E-state index in [9.17, 15) is 0 Å². The van der Waals surface area contributed by atoms with Crippen LogP contribution in [0.3, 0.4) is 0 Å². The van der Waals surface area contributed by atoms with E-state index in [1.165, 1.54) is 0 Å². The summed E-state index contributed by atoms with van der Waals surface area (Å²) in [4.78, 5) is 0. The molecule has 29 heavy (non-hydrogen) atoms. The van der Waals surface area contributed by atoms with Crippen LogP contribution in [0.1, 0.15) is 23.6 Å². The summed E-state index contributed by atoms with van der Waals surface area (Å²) in [7, 11) is 3.35. The molecule has 0 saturated carbocycles. The van der Waals surface area contributed by atoms with Crippen LogP contribution in [0.5, 0.6) is 11.5 Å². The molecular weight excluding hydrogens is 364 g/mol. The Balaban J connectivity index is 1.91. The van der Waals surface area contributed by atoms with Gasteiger partial charge in [0.2, 0.25) is 0 Å². The first kappa shape index (κ1) is 19.5. The van der Waals surface area contributed by atoms with Crippen LogP contribution in [0.25, 0.3) is 0 Å². The Bertz CT molecular complexity index is 868. The Morgan fingerprint density at radius 3 is 1.62 bits per heavy atom. The molecule has 1 aliphatic heterocycles. The van der Waals surface area contributed by atoms with Crippen LogP contribution < -0.4 is 9.47 Å². The number of epoxide rings is 1. The molecule has 4 rings (SSSR count). The van der Waals surface area contributed by atoms with Crippen molar-refractivity contribution in [2.45, 2.75) is 24.7 Å². The molecule has 2 atom stereocenters. The molecule has 1 heterocycles. The fraction of sp³-hybridized carbons (Fsp3) is 0.280. The molecular formula is C25H26O4. The first-order chi connectivity index (χ1) is 14.2. The van der Waals surface area contributed by atoms with Gasteiger partial charge in [-0.3, -0.25) is 0 Å². The van der Waals surface area contributed by atoms with E-state index in [0.717, 1.165) is 34.8 Å². The lowest BCUT2D eigenvalue weighted by Gasteiger charge is -2.38. The van der Waals surface area contributed by atoms with Crippen LogP contribution >= 0.6 is 0 Å². The number of methoxy groups -OCH3 is 2.